The number of aryl methyl sites for hydroxylation is 1. The number of piperazine rings is 1. The smallest absolute Gasteiger partial charge is 0.253 e. The number of thioether (sulfide) groups is 1. The Hall–Kier alpha value is -1.24. The molecule has 0 aromatic heterocycles. The highest BCUT2D eigenvalue weighted by Gasteiger charge is 2.27. The van der Waals surface area contributed by atoms with Crippen molar-refractivity contribution >= 4 is 36.0 Å². The van der Waals surface area contributed by atoms with Crippen LogP contribution >= 0.6 is 24.2 Å². The van der Waals surface area contributed by atoms with E-state index < -0.39 is 6.04 Å². The lowest BCUT2D eigenvalue weighted by atomic mass is 10.1. The largest absolute Gasteiger partial charge is 0.338 e. The van der Waals surface area contributed by atoms with Gasteiger partial charge in [0.1, 0.15) is 0 Å². The molecule has 2 N–H and O–H groups in total. The molecule has 7 heteroatoms. The predicted octanol–water partition coefficient (Wildman–Crippen LogP) is 1.78. The molecule has 0 unspecified atom stereocenters. The molecule has 24 heavy (non-hydrogen) atoms. The van der Waals surface area contributed by atoms with Gasteiger partial charge in [0.15, 0.2) is 0 Å². The molecule has 1 aliphatic rings. The first-order valence-electron chi connectivity index (χ1n) is 7.92. The fraction of sp³-hybridized carbons (Fsp3) is 0.529. The first-order valence-corrected chi connectivity index (χ1v) is 9.31. The third-order valence-electron chi connectivity index (χ3n) is 4.13. The maximum absolute atomic E-state index is 12.5. The normalized spacial score (nSPS) is 15.6. The van der Waals surface area contributed by atoms with Crippen molar-refractivity contribution in [2.24, 2.45) is 5.73 Å². The van der Waals surface area contributed by atoms with Crippen molar-refractivity contribution in [2.75, 3.05) is 38.2 Å². The Bertz CT molecular complexity index is 545. The van der Waals surface area contributed by atoms with E-state index in [2.05, 4.69) is 0 Å². The number of nitrogens with two attached hydrogens (primary N) is 1. The van der Waals surface area contributed by atoms with E-state index >= 15 is 0 Å². The lowest BCUT2D eigenvalue weighted by molar-refractivity contribution is -0.134. The lowest BCUT2D eigenvalue weighted by Crippen LogP contribution is -2.54. The van der Waals surface area contributed by atoms with Crippen LogP contribution in [0.4, 0.5) is 0 Å². The van der Waals surface area contributed by atoms with Crippen molar-refractivity contribution in [3.05, 3.63) is 35.4 Å². The van der Waals surface area contributed by atoms with E-state index in [0.29, 0.717) is 38.2 Å². The van der Waals surface area contributed by atoms with E-state index in [9.17, 15) is 9.59 Å². The van der Waals surface area contributed by atoms with Crippen LogP contribution in [0.25, 0.3) is 0 Å². The molecule has 0 saturated carbocycles. The standard InChI is InChI=1S/C17H25N3O2S.ClH/c1-13-3-5-14(6-4-13)16(21)19-8-10-20(11-9-19)17(22)15(18)7-12-23-2;/h3-6,15H,7-12,18H2,1-2H3;1H/t15-;/m0./s1. The molecule has 1 aliphatic heterocycles. The van der Waals surface area contributed by atoms with E-state index in [1.807, 2.05) is 42.3 Å². The van der Waals surface area contributed by atoms with Gasteiger partial charge in [-0.05, 0) is 37.5 Å². The SMILES string of the molecule is CSCC[C@H](N)C(=O)N1CCN(C(=O)c2ccc(C)cc2)CC1.Cl. The number of amides is 2. The minimum Gasteiger partial charge on any atom is -0.338 e. The molecule has 2 rings (SSSR count). The van der Waals surface area contributed by atoms with Crippen molar-refractivity contribution < 1.29 is 9.59 Å². The zero-order valence-corrected chi connectivity index (χ0v) is 15.9. The third-order valence-corrected chi connectivity index (χ3v) is 4.77. The van der Waals surface area contributed by atoms with Crippen LogP contribution in [0.5, 0.6) is 0 Å². The Morgan fingerprint density at radius 3 is 2.21 bits per heavy atom. The van der Waals surface area contributed by atoms with Crippen LogP contribution in [0, 0.1) is 6.92 Å². The van der Waals surface area contributed by atoms with Gasteiger partial charge in [-0.3, -0.25) is 9.59 Å². The number of benzene rings is 1. The molecule has 0 bridgehead atoms. The molecule has 1 heterocycles. The van der Waals surface area contributed by atoms with Gasteiger partial charge in [0.2, 0.25) is 5.91 Å². The first-order chi connectivity index (χ1) is 11.0. The maximum Gasteiger partial charge on any atom is 0.253 e. The third kappa shape index (κ3) is 5.40. The Labute approximate surface area is 154 Å². The summed E-state index contributed by atoms with van der Waals surface area (Å²) in [7, 11) is 0. The van der Waals surface area contributed by atoms with E-state index in [1.54, 1.807) is 16.7 Å². The summed E-state index contributed by atoms with van der Waals surface area (Å²) in [5.74, 6) is 0.920. The van der Waals surface area contributed by atoms with Crippen molar-refractivity contribution in [3.63, 3.8) is 0 Å². The summed E-state index contributed by atoms with van der Waals surface area (Å²) in [5.41, 5.74) is 7.79. The summed E-state index contributed by atoms with van der Waals surface area (Å²) in [4.78, 5) is 28.3. The molecule has 0 radical (unpaired) electrons. The Balaban J connectivity index is 0.00000288. The van der Waals surface area contributed by atoms with Crippen LogP contribution < -0.4 is 5.73 Å². The summed E-state index contributed by atoms with van der Waals surface area (Å²) in [5, 5.41) is 0. The predicted molar refractivity (Wildman–Crippen MR) is 102 cm³/mol. The van der Waals surface area contributed by atoms with Crippen molar-refractivity contribution in [1.82, 2.24) is 9.80 Å². The van der Waals surface area contributed by atoms with E-state index in [4.69, 9.17) is 5.73 Å². The van der Waals surface area contributed by atoms with Gasteiger partial charge in [-0.1, -0.05) is 17.7 Å². The minimum atomic E-state index is -0.429. The fourth-order valence-corrected chi connectivity index (χ4v) is 3.10. The van der Waals surface area contributed by atoms with Gasteiger partial charge in [-0.25, -0.2) is 0 Å². The molecule has 1 saturated heterocycles. The molecule has 5 nitrogen and oxygen atoms in total. The van der Waals surface area contributed by atoms with Gasteiger partial charge in [-0.2, -0.15) is 11.8 Å². The van der Waals surface area contributed by atoms with Crippen molar-refractivity contribution in [3.8, 4) is 0 Å². The van der Waals surface area contributed by atoms with Crippen LogP contribution in [0.1, 0.15) is 22.3 Å². The Kier molecular flexibility index (Phi) is 8.59. The first kappa shape index (κ1) is 20.8. The molecular formula is C17H26ClN3O2S. The number of hydrogen-bond acceptors (Lipinski definition) is 4. The Morgan fingerprint density at radius 2 is 1.67 bits per heavy atom. The summed E-state index contributed by atoms with van der Waals surface area (Å²) < 4.78 is 0. The number of carbonyl (C=O) groups is 2. The van der Waals surface area contributed by atoms with Gasteiger partial charge in [0, 0.05) is 31.7 Å². The van der Waals surface area contributed by atoms with Gasteiger partial charge >= 0.3 is 0 Å². The van der Waals surface area contributed by atoms with Crippen molar-refractivity contribution in [1.29, 1.82) is 0 Å². The molecule has 0 aliphatic carbocycles. The number of rotatable bonds is 5. The van der Waals surface area contributed by atoms with Gasteiger partial charge in [0.25, 0.3) is 5.91 Å². The van der Waals surface area contributed by atoms with E-state index in [1.165, 1.54) is 0 Å². The number of hydrogen-bond donors (Lipinski definition) is 1. The maximum atomic E-state index is 12.5. The molecule has 1 aromatic carbocycles. The van der Waals surface area contributed by atoms with Crippen LogP contribution in [-0.2, 0) is 4.79 Å². The number of halogens is 1. The van der Waals surface area contributed by atoms with E-state index in [-0.39, 0.29) is 24.2 Å². The van der Waals surface area contributed by atoms with Crippen LogP contribution in [-0.4, -0.2) is 65.8 Å². The Morgan fingerprint density at radius 1 is 1.12 bits per heavy atom. The second-order valence-corrected chi connectivity index (χ2v) is 6.86. The van der Waals surface area contributed by atoms with Crippen LogP contribution in [0.15, 0.2) is 24.3 Å². The highest BCUT2D eigenvalue weighted by molar-refractivity contribution is 7.98. The zero-order chi connectivity index (χ0) is 16.8. The van der Waals surface area contributed by atoms with Gasteiger partial charge in [0.05, 0.1) is 6.04 Å². The quantitative estimate of drug-likeness (QED) is 0.856. The average molecular weight is 372 g/mol. The minimum absolute atomic E-state index is 0. The average Bonchev–Trinajstić information content (AvgIpc) is 2.59. The molecule has 1 atom stereocenters. The number of carbonyl (C=O) groups excluding carboxylic acids is 2. The van der Waals surface area contributed by atoms with Crippen molar-refractivity contribution in [2.45, 2.75) is 19.4 Å². The topological polar surface area (TPSA) is 66.6 Å². The zero-order valence-electron chi connectivity index (χ0n) is 14.2. The summed E-state index contributed by atoms with van der Waals surface area (Å²) >= 11 is 1.69. The summed E-state index contributed by atoms with van der Waals surface area (Å²) in [6.45, 7) is 4.24. The number of nitrogens with zero attached hydrogens (tertiary/aromatic N) is 2. The van der Waals surface area contributed by atoms with E-state index in [0.717, 1.165) is 11.3 Å². The molecular weight excluding hydrogens is 346 g/mol. The van der Waals surface area contributed by atoms with Gasteiger partial charge in [-0.15, -0.1) is 12.4 Å². The highest BCUT2D eigenvalue weighted by Crippen LogP contribution is 2.11. The fourth-order valence-electron chi connectivity index (χ4n) is 2.61. The molecule has 0 spiro atoms. The molecule has 1 fully saturated rings. The molecule has 134 valence electrons. The highest BCUT2D eigenvalue weighted by atomic mass is 35.5. The lowest BCUT2D eigenvalue weighted by Gasteiger charge is -2.36. The molecule has 2 amide bonds. The second-order valence-electron chi connectivity index (χ2n) is 5.87. The van der Waals surface area contributed by atoms with Crippen LogP contribution in [0.2, 0.25) is 0 Å². The summed E-state index contributed by atoms with van der Waals surface area (Å²) in [6, 6.07) is 7.16. The van der Waals surface area contributed by atoms with Crippen LogP contribution in [0.3, 0.4) is 0 Å². The second kappa shape index (κ2) is 9.91. The monoisotopic (exact) mass is 371 g/mol. The van der Waals surface area contributed by atoms with Gasteiger partial charge < -0.3 is 15.5 Å². The summed E-state index contributed by atoms with van der Waals surface area (Å²) in [6.07, 6.45) is 2.70. The molecule has 1 aromatic rings.